The molecule has 0 aliphatic carbocycles. The van der Waals surface area contributed by atoms with Crippen LogP contribution in [-0.4, -0.2) is 36.6 Å². The second-order valence-electron chi connectivity index (χ2n) is 6.79. The van der Waals surface area contributed by atoms with Gasteiger partial charge in [0.2, 0.25) is 0 Å². The lowest BCUT2D eigenvalue weighted by Crippen LogP contribution is -2.28. The molecule has 1 aliphatic rings. The van der Waals surface area contributed by atoms with Crippen LogP contribution in [0.25, 0.3) is 0 Å². The van der Waals surface area contributed by atoms with Crippen molar-refractivity contribution in [3.63, 3.8) is 0 Å². The zero-order valence-corrected chi connectivity index (χ0v) is 17.1. The Bertz CT molecular complexity index is 1040. The monoisotopic (exact) mass is 418 g/mol. The highest BCUT2D eigenvalue weighted by molar-refractivity contribution is 8.45. The van der Waals surface area contributed by atoms with Crippen molar-refractivity contribution in [3.05, 3.63) is 64.3 Å². The van der Waals surface area contributed by atoms with E-state index in [1.54, 1.807) is 24.5 Å². The number of aliphatic imine (C=N–C) groups is 1. The summed E-state index contributed by atoms with van der Waals surface area (Å²) in [5.74, 6) is -0.0906. The van der Waals surface area contributed by atoms with Crippen molar-refractivity contribution in [1.82, 2.24) is 20.0 Å². The van der Waals surface area contributed by atoms with Crippen LogP contribution in [0.1, 0.15) is 17.0 Å². The highest BCUT2D eigenvalue weighted by Crippen LogP contribution is 2.65. The normalized spacial score (nSPS) is 23.9. The summed E-state index contributed by atoms with van der Waals surface area (Å²) in [5.41, 5.74) is 2.37. The maximum absolute atomic E-state index is 14.6. The summed E-state index contributed by atoms with van der Waals surface area (Å²) in [4.78, 5) is 4.36. The van der Waals surface area contributed by atoms with Gasteiger partial charge in [-0.05, 0) is 38.1 Å². The summed E-state index contributed by atoms with van der Waals surface area (Å²) in [6.45, 7) is 4.49. The standard InChI is InChI=1S/C19H20ClFN6S/c1-12-8-13(2)27(26-12)10-14-9-23-19(22)28(14,18-6-7-24-25-18)11-15-16(20)4-3-5-17(15)21/h3-9,14,22H,10-11H2,1-2H3,(H,24,25). The fourth-order valence-electron chi connectivity index (χ4n) is 3.56. The lowest BCUT2D eigenvalue weighted by molar-refractivity contribution is 0.613. The van der Waals surface area contributed by atoms with Gasteiger partial charge in [0, 0.05) is 34.4 Å². The van der Waals surface area contributed by atoms with Crippen LogP contribution in [0.15, 0.2) is 46.5 Å². The fourth-order valence-corrected chi connectivity index (χ4v) is 7.38. The first kappa shape index (κ1) is 18.9. The third-order valence-corrected chi connectivity index (χ3v) is 9.19. The third-order valence-electron chi connectivity index (χ3n) is 4.98. The first-order chi connectivity index (χ1) is 13.4. The fraction of sp³-hybridized carbons (Fsp3) is 0.263. The molecule has 0 saturated carbocycles. The van der Waals surface area contributed by atoms with Gasteiger partial charge in [-0.1, -0.05) is 17.7 Å². The molecule has 28 heavy (non-hydrogen) atoms. The molecule has 1 aliphatic heterocycles. The Balaban J connectivity index is 1.82. The van der Waals surface area contributed by atoms with Crippen LogP contribution < -0.4 is 0 Å². The average molecular weight is 419 g/mol. The SMILES string of the molecule is Cc1cc(C)n(CC2C=NC(=N)S2(Cc2c(F)cccc2Cl)c2ccn[nH]2)n1. The van der Waals surface area contributed by atoms with Crippen molar-refractivity contribution in [2.75, 3.05) is 0 Å². The number of aromatic amines is 1. The van der Waals surface area contributed by atoms with Crippen molar-refractivity contribution in [3.8, 4) is 0 Å². The first-order valence-corrected chi connectivity index (χ1v) is 11.0. The topological polar surface area (TPSA) is 82.7 Å². The molecule has 1 aromatic carbocycles. The molecule has 3 heterocycles. The number of halogens is 2. The molecule has 2 aromatic heterocycles. The Hall–Kier alpha value is -2.45. The van der Waals surface area contributed by atoms with E-state index in [1.165, 1.54) is 6.07 Å². The summed E-state index contributed by atoms with van der Waals surface area (Å²) in [5, 5.41) is 21.6. The summed E-state index contributed by atoms with van der Waals surface area (Å²) < 4.78 is 16.6. The molecule has 4 rings (SSSR count). The van der Waals surface area contributed by atoms with Gasteiger partial charge in [0.15, 0.2) is 5.17 Å². The van der Waals surface area contributed by atoms with Crippen LogP contribution in [-0.2, 0) is 12.3 Å². The molecule has 0 amide bonds. The van der Waals surface area contributed by atoms with Gasteiger partial charge in [-0.15, -0.1) is 10.0 Å². The Morgan fingerprint density at radius 1 is 1.32 bits per heavy atom. The van der Waals surface area contributed by atoms with Crippen molar-refractivity contribution in [2.45, 2.75) is 36.4 Å². The van der Waals surface area contributed by atoms with E-state index in [2.05, 4.69) is 20.3 Å². The van der Waals surface area contributed by atoms with Crippen molar-refractivity contribution >= 4 is 33.0 Å². The van der Waals surface area contributed by atoms with E-state index in [0.29, 0.717) is 17.1 Å². The number of H-pyrrole nitrogens is 1. The van der Waals surface area contributed by atoms with E-state index >= 15 is 0 Å². The molecule has 2 N–H and O–H groups in total. The van der Waals surface area contributed by atoms with Gasteiger partial charge in [0.1, 0.15) is 5.82 Å². The van der Waals surface area contributed by atoms with Crippen molar-refractivity contribution in [1.29, 1.82) is 5.41 Å². The molecule has 9 heteroatoms. The van der Waals surface area contributed by atoms with E-state index < -0.39 is 10.0 Å². The molecule has 6 nitrogen and oxygen atoms in total. The van der Waals surface area contributed by atoms with Gasteiger partial charge in [-0.25, -0.2) is 9.38 Å². The number of benzene rings is 1. The number of nitrogens with one attached hydrogen (secondary N) is 2. The molecule has 0 bridgehead atoms. The van der Waals surface area contributed by atoms with Gasteiger partial charge < -0.3 is 0 Å². The van der Waals surface area contributed by atoms with Crippen molar-refractivity contribution < 1.29 is 4.39 Å². The summed E-state index contributed by atoms with van der Waals surface area (Å²) in [7, 11) is -2.06. The second-order valence-corrected chi connectivity index (χ2v) is 10.5. The summed E-state index contributed by atoms with van der Waals surface area (Å²) in [6, 6.07) is 8.52. The Labute approximate surface area is 168 Å². The third kappa shape index (κ3) is 3.06. The van der Waals surface area contributed by atoms with Gasteiger partial charge in [-0.2, -0.15) is 10.2 Å². The highest BCUT2D eigenvalue weighted by atomic mass is 35.5. The van der Waals surface area contributed by atoms with Crippen LogP contribution >= 0.6 is 21.6 Å². The van der Waals surface area contributed by atoms with Gasteiger partial charge >= 0.3 is 0 Å². The number of rotatable bonds is 5. The first-order valence-electron chi connectivity index (χ1n) is 8.78. The molecule has 2 atom stereocenters. The van der Waals surface area contributed by atoms with Crippen LogP contribution in [0.3, 0.4) is 0 Å². The lowest BCUT2D eigenvalue weighted by atomic mass is 10.2. The number of aromatic nitrogens is 4. The molecule has 0 fully saturated rings. The van der Waals surface area contributed by atoms with Crippen LogP contribution in [0, 0.1) is 25.1 Å². The second kappa shape index (κ2) is 7.18. The summed E-state index contributed by atoms with van der Waals surface area (Å²) in [6.07, 6.45) is 3.45. The minimum atomic E-state index is -2.06. The zero-order chi connectivity index (χ0) is 19.9. The number of nitrogens with zero attached hydrogens (tertiary/aromatic N) is 4. The molecule has 2 unspecified atom stereocenters. The number of hydrogen-bond acceptors (Lipinski definition) is 3. The van der Waals surface area contributed by atoms with E-state index in [1.807, 2.05) is 30.7 Å². The van der Waals surface area contributed by atoms with Crippen LogP contribution in [0.2, 0.25) is 5.02 Å². The molecule has 0 saturated heterocycles. The highest BCUT2D eigenvalue weighted by Gasteiger charge is 2.45. The van der Waals surface area contributed by atoms with Gasteiger partial charge in [0.05, 0.1) is 22.5 Å². The van der Waals surface area contributed by atoms with Crippen molar-refractivity contribution in [2.24, 2.45) is 4.99 Å². The Morgan fingerprint density at radius 3 is 2.79 bits per heavy atom. The lowest BCUT2D eigenvalue weighted by Gasteiger charge is -2.39. The summed E-state index contributed by atoms with van der Waals surface area (Å²) >= 11 is 6.33. The molecule has 0 radical (unpaired) electrons. The molecule has 3 aromatic rings. The molecular formula is C19H20ClFN6S. The minimum absolute atomic E-state index is 0.130. The van der Waals surface area contributed by atoms with Crippen LogP contribution in [0.4, 0.5) is 4.39 Å². The molecular weight excluding hydrogens is 399 g/mol. The van der Waals surface area contributed by atoms with Gasteiger partial charge in [0.25, 0.3) is 0 Å². The number of hydrogen-bond donors (Lipinski definition) is 2. The Morgan fingerprint density at radius 2 is 2.14 bits per heavy atom. The zero-order valence-electron chi connectivity index (χ0n) is 15.5. The van der Waals surface area contributed by atoms with E-state index in [0.717, 1.165) is 16.4 Å². The average Bonchev–Trinajstić information content (AvgIpc) is 3.35. The maximum atomic E-state index is 14.6. The van der Waals surface area contributed by atoms with E-state index in [-0.39, 0.29) is 22.0 Å². The minimum Gasteiger partial charge on any atom is -0.278 e. The molecule has 146 valence electrons. The smallest absolute Gasteiger partial charge is 0.168 e. The number of aryl methyl sites for hydroxylation is 2. The Kier molecular flexibility index (Phi) is 4.84. The predicted molar refractivity (Wildman–Crippen MR) is 111 cm³/mol. The van der Waals surface area contributed by atoms with Gasteiger partial charge in [-0.3, -0.25) is 15.2 Å². The molecule has 0 spiro atoms. The van der Waals surface area contributed by atoms with Crippen LogP contribution in [0.5, 0.6) is 0 Å². The van der Waals surface area contributed by atoms with E-state index in [4.69, 9.17) is 17.0 Å². The largest absolute Gasteiger partial charge is 0.278 e. The predicted octanol–water partition coefficient (Wildman–Crippen LogP) is 4.47. The number of amidine groups is 1. The maximum Gasteiger partial charge on any atom is 0.168 e. The quantitative estimate of drug-likeness (QED) is 0.640. The van der Waals surface area contributed by atoms with E-state index in [9.17, 15) is 4.39 Å².